The first-order valence-electron chi connectivity index (χ1n) is 8.66. The molecule has 0 spiro atoms. The Bertz CT molecular complexity index is 527. The van der Waals surface area contributed by atoms with Crippen LogP contribution < -0.4 is 0 Å². The smallest absolute Gasteiger partial charge is 0.225 e. The van der Waals surface area contributed by atoms with Crippen LogP contribution in [0.1, 0.15) is 37.7 Å². The summed E-state index contributed by atoms with van der Waals surface area (Å²) in [6, 6.07) is 10.4. The zero-order valence-corrected chi connectivity index (χ0v) is 13.9. The molecule has 0 aromatic heterocycles. The van der Waals surface area contributed by atoms with Crippen molar-refractivity contribution in [1.29, 1.82) is 0 Å². The third-order valence-electron chi connectivity index (χ3n) is 5.42. The number of nitrogens with zero attached hydrogens (tertiary/aromatic N) is 1. The lowest BCUT2D eigenvalue weighted by Gasteiger charge is -2.41. The van der Waals surface area contributed by atoms with E-state index < -0.39 is 5.60 Å². The molecule has 0 bridgehead atoms. The average Bonchev–Trinajstić information content (AvgIpc) is 2.54. The molecule has 0 radical (unpaired) electrons. The highest BCUT2D eigenvalue weighted by molar-refractivity contribution is 5.77. The second kappa shape index (κ2) is 7.02. The normalized spacial score (nSPS) is 26.6. The Labute approximate surface area is 138 Å². The maximum absolute atomic E-state index is 12.5. The predicted molar refractivity (Wildman–Crippen MR) is 89.0 cm³/mol. The van der Waals surface area contributed by atoms with Gasteiger partial charge in [-0.05, 0) is 37.7 Å². The van der Waals surface area contributed by atoms with E-state index in [1.165, 1.54) is 5.56 Å². The third kappa shape index (κ3) is 3.93. The molecule has 23 heavy (non-hydrogen) atoms. The van der Waals surface area contributed by atoms with Gasteiger partial charge in [0.25, 0.3) is 0 Å². The number of piperidine rings is 1. The molecule has 1 N–H and O–H groups in total. The molecule has 3 rings (SSSR count). The van der Waals surface area contributed by atoms with Gasteiger partial charge in [0.2, 0.25) is 5.91 Å². The van der Waals surface area contributed by atoms with Gasteiger partial charge in [-0.25, -0.2) is 0 Å². The Morgan fingerprint density at radius 2 is 2.09 bits per heavy atom. The van der Waals surface area contributed by atoms with Crippen LogP contribution in [0, 0.1) is 5.92 Å². The summed E-state index contributed by atoms with van der Waals surface area (Å²) in [6.45, 7) is 1.46. The Morgan fingerprint density at radius 3 is 2.70 bits per heavy atom. The highest BCUT2D eigenvalue weighted by atomic mass is 16.5. The number of hydrogen-bond donors (Lipinski definition) is 1. The molecule has 2 atom stereocenters. The minimum Gasteiger partial charge on any atom is -0.389 e. The summed E-state index contributed by atoms with van der Waals surface area (Å²) in [4.78, 5) is 14.5. The second-order valence-corrected chi connectivity index (χ2v) is 7.11. The molecule has 1 aliphatic carbocycles. The first-order valence-corrected chi connectivity index (χ1v) is 8.66. The van der Waals surface area contributed by atoms with Gasteiger partial charge < -0.3 is 14.7 Å². The van der Waals surface area contributed by atoms with E-state index in [0.29, 0.717) is 5.92 Å². The van der Waals surface area contributed by atoms with Gasteiger partial charge in [-0.1, -0.05) is 30.3 Å². The molecule has 1 saturated carbocycles. The predicted octanol–water partition coefficient (Wildman–Crippen LogP) is 2.40. The Morgan fingerprint density at radius 1 is 1.35 bits per heavy atom. The maximum Gasteiger partial charge on any atom is 0.225 e. The van der Waals surface area contributed by atoms with Crippen LogP contribution in [0.15, 0.2) is 30.3 Å². The lowest BCUT2D eigenvalue weighted by atomic mass is 9.77. The minimum atomic E-state index is -0.732. The van der Waals surface area contributed by atoms with Gasteiger partial charge in [-0.3, -0.25) is 4.79 Å². The van der Waals surface area contributed by atoms with Gasteiger partial charge in [0.05, 0.1) is 18.1 Å². The maximum atomic E-state index is 12.5. The molecule has 1 aromatic rings. The lowest BCUT2D eigenvalue weighted by Crippen LogP contribution is -2.50. The summed E-state index contributed by atoms with van der Waals surface area (Å²) in [5, 5.41) is 10.2. The molecule has 1 saturated heterocycles. The summed E-state index contributed by atoms with van der Waals surface area (Å²) in [7, 11) is 1.76. The molecule has 4 heteroatoms. The molecule has 2 aliphatic rings. The number of rotatable bonds is 5. The van der Waals surface area contributed by atoms with E-state index in [-0.39, 0.29) is 18.4 Å². The molecular weight excluding hydrogens is 290 g/mol. The highest BCUT2D eigenvalue weighted by Crippen LogP contribution is 2.35. The van der Waals surface area contributed by atoms with E-state index >= 15 is 0 Å². The van der Waals surface area contributed by atoms with Crippen molar-refractivity contribution in [3.05, 3.63) is 35.9 Å². The molecule has 1 aromatic carbocycles. The average molecular weight is 317 g/mol. The molecular formula is C19H27NO3. The van der Waals surface area contributed by atoms with Gasteiger partial charge >= 0.3 is 0 Å². The van der Waals surface area contributed by atoms with Crippen LogP contribution in [-0.4, -0.2) is 47.8 Å². The fourth-order valence-electron chi connectivity index (χ4n) is 3.82. The van der Waals surface area contributed by atoms with Crippen molar-refractivity contribution in [3.8, 4) is 0 Å². The molecule has 2 fully saturated rings. The molecule has 4 nitrogen and oxygen atoms in total. The molecule has 0 unspecified atom stereocenters. The topological polar surface area (TPSA) is 49.8 Å². The fourth-order valence-corrected chi connectivity index (χ4v) is 3.82. The Hall–Kier alpha value is -1.39. The zero-order chi connectivity index (χ0) is 16.3. The van der Waals surface area contributed by atoms with Gasteiger partial charge in [0, 0.05) is 26.1 Å². The van der Waals surface area contributed by atoms with Crippen LogP contribution in [0.3, 0.4) is 0 Å². The second-order valence-electron chi connectivity index (χ2n) is 7.11. The number of hydrogen-bond acceptors (Lipinski definition) is 3. The van der Waals surface area contributed by atoms with Crippen molar-refractivity contribution in [2.24, 2.45) is 5.92 Å². The summed E-state index contributed by atoms with van der Waals surface area (Å²) < 4.78 is 5.65. The summed E-state index contributed by atoms with van der Waals surface area (Å²) >= 11 is 0. The van der Waals surface area contributed by atoms with Crippen molar-refractivity contribution in [1.82, 2.24) is 4.90 Å². The van der Waals surface area contributed by atoms with Gasteiger partial charge in [-0.2, -0.15) is 0 Å². The minimum absolute atomic E-state index is 0.0971. The number of ether oxygens (including phenoxy) is 1. The SMILES string of the molecule is CO[C@@H]1CCN(C(=O)CC2(O)CCC2)C[C@H]1Cc1ccccc1. The standard InChI is InChI=1S/C19H27NO3/c1-23-17-8-11-20(18(21)13-19(22)9-5-10-19)14-16(17)12-15-6-3-2-4-7-15/h2-4,6-7,16-17,22H,5,8-14H2,1H3/t16-,17-/m1/s1. The molecule has 1 amide bonds. The molecule has 1 heterocycles. The van der Waals surface area contributed by atoms with Gasteiger partial charge in [-0.15, -0.1) is 0 Å². The Kier molecular flexibility index (Phi) is 5.02. The largest absolute Gasteiger partial charge is 0.389 e. The zero-order valence-electron chi connectivity index (χ0n) is 13.9. The summed E-state index contributed by atoms with van der Waals surface area (Å²) in [5.41, 5.74) is 0.552. The third-order valence-corrected chi connectivity index (χ3v) is 5.42. The van der Waals surface area contributed by atoms with Crippen LogP contribution in [0.2, 0.25) is 0 Å². The van der Waals surface area contributed by atoms with Crippen LogP contribution in [-0.2, 0) is 16.0 Å². The number of aliphatic hydroxyl groups is 1. The summed E-state index contributed by atoms with van der Waals surface area (Å²) in [5.74, 6) is 0.413. The quantitative estimate of drug-likeness (QED) is 0.907. The molecule has 126 valence electrons. The van der Waals surface area contributed by atoms with Crippen LogP contribution in [0.25, 0.3) is 0 Å². The van der Waals surface area contributed by atoms with Crippen molar-refractivity contribution in [3.63, 3.8) is 0 Å². The van der Waals surface area contributed by atoms with Crippen LogP contribution in [0.5, 0.6) is 0 Å². The van der Waals surface area contributed by atoms with Crippen LogP contribution >= 0.6 is 0 Å². The monoisotopic (exact) mass is 317 g/mol. The molecule has 1 aliphatic heterocycles. The fraction of sp³-hybridized carbons (Fsp3) is 0.632. The van der Waals surface area contributed by atoms with Crippen LogP contribution in [0.4, 0.5) is 0 Å². The van der Waals surface area contributed by atoms with E-state index in [4.69, 9.17) is 4.74 Å². The number of carbonyl (C=O) groups is 1. The van der Waals surface area contributed by atoms with E-state index in [1.54, 1.807) is 7.11 Å². The van der Waals surface area contributed by atoms with E-state index in [1.807, 2.05) is 11.0 Å². The van der Waals surface area contributed by atoms with Crippen molar-refractivity contribution >= 4 is 5.91 Å². The number of carbonyl (C=O) groups excluding carboxylic acids is 1. The van der Waals surface area contributed by atoms with E-state index in [2.05, 4.69) is 24.3 Å². The van der Waals surface area contributed by atoms with Crippen molar-refractivity contribution in [2.75, 3.05) is 20.2 Å². The van der Waals surface area contributed by atoms with Gasteiger partial charge in [0.15, 0.2) is 0 Å². The van der Waals surface area contributed by atoms with E-state index in [9.17, 15) is 9.90 Å². The lowest BCUT2D eigenvalue weighted by molar-refractivity contribution is -0.144. The number of amides is 1. The first kappa shape index (κ1) is 16.5. The first-order chi connectivity index (χ1) is 11.1. The van der Waals surface area contributed by atoms with E-state index in [0.717, 1.165) is 45.2 Å². The summed E-state index contributed by atoms with van der Waals surface area (Å²) in [6.07, 6.45) is 4.84. The Balaban J connectivity index is 1.62. The number of methoxy groups -OCH3 is 1. The van der Waals surface area contributed by atoms with Crippen molar-refractivity contribution < 1.29 is 14.6 Å². The number of benzene rings is 1. The van der Waals surface area contributed by atoms with Gasteiger partial charge in [0.1, 0.15) is 0 Å². The van der Waals surface area contributed by atoms with Crippen molar-refractivity contribution in [2.45, 2.75) is 50.2 Å². The highest BCUT2D eigenvalue weighted by Gasteiger charge is 2.39. The number of likely N-dealkylation sites (tertiary alicyclic amines) is 1.